The number of thioether (sulfide) groups is 1. The molecule has 1 aromatic carbocycles. The van der Waals surface area contributed by atoms with Crippen molar-refractivity contribution in [2.45, 2.75) is 51.0 Å². The highest BCUT2D eigenvalue weighted by atomic mass is 32.2. The molecule has 1 aromatic rings. The van der Waals surface area contributed by atoms with Crippen LogP contribution in [-0.2, 0) is 6.42 Å². The van der Waals surface area contributed by atoms with Gasteiger partial charge in [-0.2, -0.15) is 0 Å². The van der Waals surface area contributed by atoms with Crippen LogP contribution < -0.4 is 5.73 Å². The van der Waals surface area contributed by atoms with Crippen molar-refractivity contribution in [3.05, 3.63) is 29.8 Å². The first-order valence-corrected chi connectivity index (χ1v) is 7.58. The first-order chi connectivity index (χ1) is 8.13. The van der Waals surface area contributed by atoms with E-state index >= 15 is 0 Å². The summed E-state index contributed by atoms with van der Waals surface area (Å²) in [6, 6.07) is 8.97. The van der Waals surface area contributed by atoms with Crippen LogP contribution >= 0.6 is 11.8 Å². The molecule has 1 nitrogen and oxygen atoms in total. The zero-order chi connectivity index (χ0) is 12.7. The average molecular weight is 251 g/mol. The van der Waals surface area contributed by atoms with Gasteiger partial charge in [0.2, 0.25) is 0 Å². The van der Waals surface area contributed by atoms with Crippen molar-refractivity contribution >= 4 is 11.8 Å². The van der Waals surface area contributed by atoms with Gasteiger partial charge in [0.25, 0.3) is 0 Å². The van der Waals surface area contributed by atoms with Crippen LogP contribution in [0.25, 0.3) is 0 Å². The van der Waals surface area contributed by atoms with Gasteiger partial charge in [-0.1, -0.05) is 39.0 Å². The Morgan fingerprint density at radius 3 is 2.59 bits per heavy atom. The van der Waals surface area contributed by atoms with Crippen LogP contribution in [0.2, 0.25) is 0 Å². The van der Waals surface area contributed by atoms with E-state index in [1.807, 2.05) is 11.8 Å². The van der Waals surface area contributed by atoms with E-state index in [0.29, 0.717) is 6.04 Å². The van der Waals surface area contributed by atoms with Gasteiger partial charge in [0.05, 0.1) is 0 Å². The maximum Gasteiger partial charge on any atom is 0.0105 e. The minimum absolute atomic E-state index is 0.293. The predicted octanol–water partition coefficient (Wildman–Crippen LogP) is 4.10. The fourth-order valence-corrected chi connectivity index (χ4v) is 2.97. The molecule has 0 aromatic heterocycles. The summed E-state index contributed by atoms with van der Waals surface area (Å²) >= 11 is 1.97. The Kier molecular flexibility index (Phi) is 6.68. The van der Waals surface area contributed by atoms with Crippen LogP contribution in [0, 0.1) is 5.92 Å². The largest absolute Gasteiger partial charge is 0.327 e. The van der Waals surface area contributed by atoms with Gasteiger partial charge in [-0.05, 0) is 42.6 Å². The van der Waals surface area contributed by atoms with E-state index < -0.39 is 0 Å². The van der Waals surface area contributed by atoms with Crippen molar-refractivity contribution in [3.8, 4) is 0 Å². The minimum Gasteiger partial charge on any atom is -0.327 e. The molecule has 2 heteroatoms. The molecular formula is C15H25NS. The smallest absolute Gasteiger partial charge is 0.0105 e. The molecule has 0 bridgehead atoms. The third kappa shape index (κ3) is 5.60. The zero-order valence-corrected chi connectivity index (χ0v) is 12.1. The van der Waals surface area contributed by atoms with E-state index in [0.717, 1.165) is 18.8 Å². The highest BCUT2D eigenvalue weighted by Gasteiger charge is 2.06. The molecule has 0 saturated carbocycles. The van der Waals surface area contributed by atoms with Gasteiger partial charge in [0.15, 0.2) is 0 Å². The van der Waals surface area contributed by atoms with Crippen LogP contribution in [0.3, 0.4) is 0 Å². The van der Waals surface area contributed by atoms with Crippen LogP contribution in [0.4, 0.5) is 0 Å². The second-order valence-corrected chi connectivity index (χ2v) is 6.15. The summed E-state index contributed by atoms with van der Waals surface area (Å²) in [5.74, 6) is 1.99. The Morgan fingerprint density at radius 1 is 1.24 bits per heavy atom. The summed E-state index contributed by atoms with van der Waals surface area (Å²) in [5.41, 5.74) is 7.45. The summed E-state index contributed by atoms with van der Waals surface area (Å²) in [6.07, 6.45) is 3.32. The van der Waals surface area contributed by atoms with Crippen molar-refractivity contribution in [2.24, 2.45) is 11.7 Å². The summed E-state index contributed by atoms with van der Waals surface area (Å²) in [4.78, 5) is 1.41. The lowest BCUT2D eigenvalue weighted by Crippen LogP contribution is -2.21. The second kappa shape index (κ2) is 7.78. The number of hydrogen-bond donors (Lipinski definition) is 1. The molecule has 0 spiro atoms. The normalized spacial score (nSPS) is 13.0. The molecule has 1 atom stereocenters. The molecule has 0 saturated heterocycles. The third-order valence-electron chi connectivity index (χ3n) is 2.93. The first kappa shape index (κ1) is 14.6. The highest BCUT2D eigenvalue weighted by Crippen LogP contribution is 2.25. The quantitative estimate of drug-likeness (QED) is 0.738. The SMILES string of the molecule is CCC(N)Cc1ccccc1SCCC(C)C. The Hall–Kier alpha value is -0.470. The molecule has 0 aliphatic heterocycles. The molecule has 0 fully saturated rings. The molecule has 0 amide bonds. The van der Waals surface area contributed by atoms with E-state index in [9.17, 15) is 0 Å². The molecular weight excluding hydrogens is 226 g/mol. The lowest BCUT2D eigenvalue weighted by molar-refractivity contribution is 0.631. The Morgan fingerprint density at radius 2 is 1.94 bits per heavy atom. The van der Waals surface area contributed by atoms with Gasteiger partial charge >= 0.3 is 0 Å². The van der Waals surface area contributed by atoms with Crippen LogP contribution in [-0.4, -0.2) is 11.8 Å². The van der Waals surface area contributed by atoms with E-state index in [-0.39, 0.29) is 0 Å². The first-order valence-electron chi connectivity index (χ1n) is 6.59. The molecule has 96 valence electrons. The van der Waals surface area contributed by atoms with Crippen LogP contribution in [0.15, 0.2) is 29.2 Å². The van der Waals surface area contributed by atoms with E-state index in [1.54, 1.807) is 0 Å². The zero-order valence-electron chi connectivity index (χ0n) is 11.3. The predicted molar refractivity (Wildman–Crippen MR) is 78.6 cm³/mol. The molecule has 0 aliphatic rings. The lowest BCUT2D eigenvalue weighted by atomic mass is 10.1. The van der Waals surface area contributed by atoms with Crippen molar-refractivity contribution in [3.63, 3.8) is 0 Å². The summed E-state index contributed by atoms with van der Waals surface area (Å²) in [6.45, 7) is 6.71. The summed E-state index contributed by atoms with van der Waals surface area (Å²) < 4.78 is 0. The fraction of sp³-hybridized carbons (Fsp3) is 0.600. The lowest BCUT2D eigenvalue weighted by Gasteiger charge is -2.13. The van der Waals surface area contributed by atoms with Gasteiger partial charge in [-0.15, -0.1) is 11.8 Å². The van der Waals surface area contributed by atoms with E-state index in [2.05, 4.69) is 45.0 Å². The summed E-state index contributed by atoms with van der Waals surface area (Å²) in [7, 11) is 0. The topological polar surface area (TPSA) is 26.0 Å². The number of benzene rings is 1. The molecule has 0 aliphatic carbocycles. The molecule has 17 heavy (non-hydrogen) atoms. The molecule has 1 rings (SSSR count). The van der Waals surface area contributed by atoms with Gasteiger partial charge < -0.3 is 5.73 Å². The van der Waals surface area contributed by atoms with Crippen molar-refractivity contribution in [2.75, 3.05) is 5.75 Å². The molecule has 0 radical (unpaired) electrons. The maximum absolute atomic E-state index is 6.04. The number of rotatable bonds is 7. The molecule has 2 N–H and O–H groups in total. The number of nitrogens with two attached hydrogens (primary N) is 1. The van der Waals surface area contributed by atoms with Crippen molar-refractivity contribution in [1.82, 2.24) is 0 Å². The second-order valence-electron chi connectivity index (χ2n) is 5.01. The van der Waals surface area contributed by atoms with Gasteiger partial charge in [-0.3, -0.25) is 0 Å². The molecule has 1 unspecified atom stereocenters. The Bertz CT molecular complexity index is 322. The van der Waals surface area contributed by atoms with Crippen molar-refractivity contribution < 1.29 is 0 Å². The van der Waals surface area contributed by atoms with Crippen LogP contribution in [0.5, 0.6) is 0 Å². The number of hydrogen-bond acceptors (Lipinski definition) is 2. The minimum atomic E-state index is 0.293. The summed E-state index contributed by atoms with van der Waals surface area (Å²) in [5, 5.41) is 0. The fourth-order valence-electron chi connectivity index (χ4n) is 1.64. The van der Waals surface area contributed by atoms with Gasteiger partial charge in [0.1, 0.15) is 0 Å². The Balaban J connectivity index is 2.57. The van der Waals surface area contributed by atoms with Gasteiger partial charge in [0, 0.05) is 10.9 Å². The van der Waals surface area contributed by atoms with E-state index in [4.69, 9.17) is 5.73 Å². The third-order valence-corrected chi connectivity index (χ3v) is 4.08. The maximum atomic E-state index is 6.04. The molecule has 0 heterocycles. The monoisotopic (exact) mass is 251 g/mol. The van der Waals surface area contributed by atoms with E-state index in [1.165, 1.54) is 22.6 Å². The van der Waals surface area contributed by atoms with Gasteiger partial charge in [-0.25, -0.2) is 0 Å². The van der Waals surface area contributed by atoms with Crippen LogP contribution in [0.1, 0.15) is 39.2 Å². The highest BCUT2D eigenvalue weighted by molar-refractivity contribution is 7.99. The van der Waals surface area contributed by atoms with Crippen molar-refractivity contribution in [1.29, 1.82) is 0 Å². The standard InChI is InChI=1S/C15H25NS/c1-4-14(16)11-13-7-5-6-8-15(13)17-10-9-12(2)3/h5-8,12,14H,4,9-11,16H2,1-3H3. The Labute approximate surface area is 110 Å². The average Bonchev–Trinajstić information content (AvgIpc) is 2.30.